The summed E-state index contributed by atoms with van der Waals surface area (Å²) in [5.41, 5.74) is 2.69. The van der Waals surface area contributed by atoms with Crippen LogP contribution in [0.5, 0.6) is 0 Å². The third-order valence-corrected chi connectivity index (χ3v) is 11.7. The van der Waals surface area contributed by atoms with Gasteiger partial charge in [-0.05, 0) is 39.1 Å². The third kappa shape index (κ3) is 4.47. The third-order valence-electron chi connectivity index (χ3n) is 6.31. The summed E-state index contributed by atoms with van der Waals surface area (Å²) in [5.74, 6) is 3.37. The zero-order chi connectivity index (χ0) is 22.0. The maximum atomic E-state index is 7.40. The Balaban J connectivity index is 2.14. The molecule has 0 fully saturated rings. The second-order valence-electron chi connectivity index (χ2n) is 10.1. The lowest BCUT2D eigenvalue weighted by Gasteiger charge is -2.47. The average molecular weight is 529 g/mol. The maximum Gasteiger partial charge on any atom is 0.261 e. The van der Waals surface area contributed by atoms with Crippen molar-refractivity contribution in [2.24, 2.45) is 5.41 Å². The maximum absolute atomic E-state index is 7.40. The number of hydrogen-bond donors (Lipinski definition) is 0. The van der Waals surface area contributed by atoms with E-state index < -0.39 is 8.32 Å². The van der Waals surface area contributed by atoms with Crippen LogP contribution in [-0.2, 0) is 4.43 Å². The highest BCUT2D eigenvalue weighted by molar-refractivity contribution is 14.1. The fourth-order valence-corrected chi connectivity index (χ4v) is 10.1. The van der Waals surface area contributed by atoms with Gasteiger partial charge in [-0.2, -0.15) is 0 Å². The van der Waals surface area contributed by atoms with Crippen LogP contribution in [0.4, 0.5) is 0 Å². The predicted molar refractivity (Wildman–Crippen MR) is 140 cm³/mol. The lowest BCUT2D eigenvalue weighted by Crippen LogP contribution is -2.68. The second-order valence-corrected chi connectivity index (χ2v) is 14.9. The van der Waals surface area contributed by atoms with Gasteiger partial charge in [-0.25, -0.2) is 0 Å². The molecule has 0 aliphatic heterocycles. The van der Waals surface area contributed by atoms with Crippen LogP contribution in [0, 0.1) is 15.3 Å². The molecule has 1 nitrogen and oxygen atoms in total. The molecule has 1 atom stereocenters. The minimum Gasteiger partial charge on any atom is -0.404 e. The van der Waals surface area contributed by atoms with Gasteiger partial charge < -0.3 is 4.43 Å². The van der Waals surface area contributed by atoms with Crippen molar-refractivity contribution in [1.82, 2.24) is 0 Å². The first-order valence-electron chi connectivity index (χ1n) is 10.7. The Labute approximate surface area is 197 Å². The van der Waals surface area contributed by atoms with Gasteiger partial charge in [-0.3, -0.25) is 0 Å². The summed E-state index contributed by atoms with van der Waals surface area (Å²) >= 11 is 2.15. The predicted octanol–water partition coefficient (Wildman–Crippen LogP) is 6.46. The molecule has 0 bridgehead atoms. The van der Waals surface area contributed by atoms with E-state index >= 15 is 0 Å². The topological polar surface area (TPSA) is 9.23 Å². The highest BCUT2D eigenvalue weighted by Crippen LogP contribution is 2.44. The minimum atomic E-state index is -2.53. The summed E-state index contributed by atoms with van der Waals surface area (Å²) in [6, 6.07) is 21.9. The summed E-state index contributed by atoms with van der Waals surface area (Å²) in [4.78, 5) is 0. The summed E-state index contributed by atoms with van der Waals surface area (Å²) in [7, 11) is -2.53. The fraction of sp³-hybridized carbons (Fsp3) is 0.407. The molecule has 3 heteroatoms. The smallest absolute Gasteiger partial charge is 0.261 e. The molecule has 0 spiro atoms. The van der Waals surface area contributed by atoms with E-state index in [9.17, 15) is 0 Å². The number of benzene rings is 2. The van der Waals surface area contributed by atoms with Crippen molar-refractivity contribution in [2.45, 2.75) is 65.5 Å². The Kier molecular flexibility index (Phi) is 7.01. The Morgan fingerprint density at radius 1 is 0.967 bits per heavy atom. The lowest BCUT2D eigenvalue weighted by molar-refractivity contribution is 0.129. The summed E-state index contributed by atoms with van der Waals surface area (Å²) < 4.78 is 10.5. The van der Waals surface area contributed by atoms with Crippen molar-refractivity contribution in [3.05, 3.63) is 71.8 Å². The Morgan fingerprint density at radius 3 is 1.87 bits per heavy atom. The molecule has 1 aliphatic carbocycles. The van der Waals surface area contributed by atoms with E-state index in [1.54, 1.807) is 0 Å². The number of hydrogen-bond acceptors (Lipinski definition) is 1. The quantitative estimate of drug-likeness (QED) is 0.251. The number of halogens is 1. The monoisotopic (exact) mass is 528 g/mol. The average Bonchev–Trinajstić information content (AvgIpc) is 2.69. The molecule has 0 heterocycles. The first kappa shape index (κ1) is 23.3. The van der Waals surface area contributed by atoms with Crippen molar-refractivity contribution in [1.29, 1.82) is 0 Å². The highest BCUT2D eigenvalue weighted by Gasteiger charge is 2.52. The van der Waals surface area contributed by atoms with E-state index in [1.165, 1.54) is 21.5 Å². The van der Waals surface area contributed by atoms with Crippen molar-refractivity contribution in [3.8, 4) is 9.85 Å². The van der Waals surface area contributed by atoms with Crippen LogP contribution < -0.4 is 10.4 Å². The number of rotatable bonds is 4. The van der Waals surface area contributed by atoms with Crippen molar-refractivity contribution in [3.63, 3.8) is 0 Å². The first-order valence-corrected chi connectivity index (χ1v) is 13.7. The molecule has 3 rings (SSSR count). The molecule has 30 heavy (non-hydrogen) atoms. The van der Waals surface area contributed by atoms with Gasteiger partial charge in [0.2, 0.25) is 0 Å². The Hall–Kier alpha value is -1.35. The van der Waals surface area contributed by atoms with Gasteiger partial charge in [-0.15, -0.1) is 0 Å². The van der Waals surface area contributed by atoms with Crippen LogP contribution in [0.3, 0.4) is 0 Å². The summed E-state index contributed by atoms with van der Waals surface area (Å²) in [6.45, 7) is 13.9. The zero-order valence-electron chi connectivity index (χ0n) is 19.1. The SMILES string of the molecule is CC1=C(C#CI)C(C)(C)C[C@H](O[Si](c2ccccc2)(c2ccccc2)C(C)(C)C)C1. The van der Waals surface area contributed by atoms with Crippen LogP contribution in [0.15, 0.2) is 71.8 Å². The van der Waals surface area contributed by atoms with Gasteiger partial charge in [0.15, 0.2) is 0 Å². The summed E-state index contributed by atoms with van der Waals surface area (Å²) in [5, 5.41) is 2.70. The van der Waals surface area contributed by atoms with E-state index in [4.69, 9.17) is 4.43 Å². The van der Waals surface area contributed by atoms with Crippen molar-refractivity contribution in [2.75, 3.05) is 0 Å². The molecule has 0 saturated heterocycles. The molecular formula is C27H33IOSi. The molecule has 158 valence electrons. The lowest BCUT2D eigenvalue weighted by atomic mass is 9.72. The molecule has 2 aromatic rings. The van der Waals surface area contributed by atoms with Gasteiger partial charge in [0.05, 0.1) is 6.10 Å². The molecule has 0 amide bonds. The largest absolute Gasteiger partial charge is 0.404 e. The van der Waals surface area contributed by atoms with E-state index in [-0.39, 0.29) is 16.6 Å². The molecule has 1 aliphatic rings. The molecule has 2 aromatic carbocycles. The van der Waals surface area contributed by atoms with Crippen LogP contribution in [0.2, 0.25) is 5.04 Å². The molecule has 0 saturated carbocycles. The van der Waals surface area contributed by atoms with Gasteiger partial charge in [-0.1, -0.05) is 107 Å². The molecule has 0 aromatic heterocycles. The fourth-order valence-electron chi connectivity index (χ4n) is 5.11. The Morgan fingerprint density at radius 2 is 1.47 bits per heavy atom. The molecule has 0 radical (unpaired) electrons. The van der Waals surface area contributed by atoms with Crippen molar-refractivity contribution >= 4 is 41.3 Å². The second kappa shape index (κ2) is 9.02. The van der Waals surface area contributed by atoms with Gasteiger partial charge >= 0.3 is 0 Å². The molecule has 0 N–H and O–H groups in total. The minimum absolute atomic E-state index is 0.000238. The number of allylic oxidation sites excluding steroid dienone is 1. The van der Waals surface area contributed by atoms with Gasteiger partial charge in [0.25, 0.3) is 8.32 Å². The Bertz CT molecular complexity index is 919. The first-order chi connectivity index (χ1) is 14.1. The van der Waals surface area contributed by atoms with Crippen LogP contribution in [-0.4, -0.2) is 14.4 Å². The van der Waals surface area contributed by atoms with E-state index in [0.717, 1.165) is 12.8 Å². The molecule has 0 unspecified atom stereocenters. The molecular weight excluding hydrogens is 495 g/mol. The normalized spacial score (nSPS) is 19.2. The van der Waals surface area contributed by atoms with Crippen LogP contribution in [0.1, 0.15) is 54.4 Å². The summed E-state index contributed by atoms with van der Waals surface area (Å²) in [6.07, 6.45) is 2.13. The van der Waals surface area contributed by atoms with Crippen LogP contribution in [0.25, 0.3) is 0 Å². The zero-order valence-corrected chi connectivity index (χ0v) is 22.2. The van der Waals surface area contributed by atoms with E-state index in [1.807, 2.05) is 0 Å². The van der Waals surface area contributed by atoms with Gasteiger partial charge in [0.1, 0.15) is 0 Å². The van der Waals surface area contributed by atoms with E-state index in [2.05, 4.69) is 135 Å². The standard InChI is InChI=1S/C27H33IOSi/c1-21-19-22(20-27(5,6)25(21)17-18-28)29-30(26(2,3)4,23-13-9-7-10-14-23)24-15-11-8-12-16-24/h7-16,22H,19-20H2,1-6H3/t22-/m1/s1. The highest BCUT2D eigenvalue weighted by atomic mass is 127. The van der Waals surface area contributed by atoms with Crippen LogP contribution >= 0.6 is 22.6 Å². The van der Waals surface area contributed by atoms with E-state index in [0.29, 0.717) is 0 Å². The van der Waals surface area contributed by atoms with Crippen molar-refractivity contribution < 1.29 is 4.43 Å². The van der Waals surface area contributed by atoms with Gasteiger partial charge in [0, 0.05) is 33.6 Å².